The monoisotopic (exact) mass is 353 g/mol. The van der Waals surface area contributed by atoms with Crippen molar-refractivity contribution >= 4 is 16.9 Å². The van der Waals surface area contributed by atoms with Crippen LogP contribution in [0.25, 0.3) is 11.0 Å². The Balaban J connectivity index is 1.93. The molecule has 0 aliphatic heterocycles. The summed E-state index contributed by atoms with van der Waals surface area (Å²) in [5.41, 5.74) is 1.93. The summed E-state index contributed by atoms with van der Waals surface area (Å²) in [5, 5.41) is 15.1. The summed E-state index contributed by atoms with van der Waals surface area (Å²) < 4.78 is 6.23. The highest BCUT2D eigenvalue weighted by atomic mass is 16.5. The van der Waals surface area contributed by atoms with E-state index in [2.05, 4.69) is 5.32 Å². The molecule has 0 fully saturated rings. The van der Waals surface area contributed by atoms with Gasteiger partial charge in [-0.15, -0.1) is 0 Å². The molecule has 0 atom stereocenters. The average molecular weight is 353 g/mol. The molecular weight excluding hydrogens is 334 g/mol. The number of hydrogen-bond donors (Lipinski definition) is 1. The highest BCUT2D eigenvalue weighted by Crippen LogP contribution is 2.16. The molecule has 0 aliphatic carbocycles. The van der Waals surface area contributed by atoms with E-state index in [1.54, 1.807) is 37.4 Å². The van der Waals surface area contributed by atoms with E-state index in [-0.39, 0.29) is 29.0 Å². The predicted molar refractivity (Wildman–Crippen MR) is 97.7 cm³/mol. The Labute approximate surface area is 150 Å². The first-order chi connectivity index (χ1) is 12.4. The summed E-state index contributed by atoms with van der Waals surface area (Å²) in [6, 6.07) is 12.1. The summed E-state index contributed by atoms with van der Waals surface area (Å²) >= 11 is 0. The second-order valence-corrected chi connectivity index (χ2v) is 6.05. The van der Waals surface area contributed by atoms with Gasteiger partial charge in [-0.2, -0.15) is 0 Å². The first kappa shape index (κ1) is 17.5. The number of carbonyl (C=O) groups excluding carboxylic acids is 1. The molecule has 3 rings (SSSR count). The fraction of sp³-hybridized carbons (Fsp3) is 0.211. The molecule has 0 aliphatic rings. The number of amides is 1. The van der Waals surface area contributed by atoms with Crippen LogP contribution in [-0.4, -0.2) is 17.7 Å². The highest BCUT2D eigenvalue weighted by molar-refractivity contribution is 5.93. The minimum absolute atomic E-state index is 0.0589. The largest absolute Gasteiger partial charge is 0.805 e. The van der Waals surface area contributed by atoms with Crippen LogP contribution in [-0.2, 0) is 6.54 Å². The molecule has 7 nitrogen and oxygen atoms in total. The Kier molecular flexibility index (Phi) is 4.62. The molecule has 134 valence electrons. The Morgan fingerprint density at radius 1 is 1.19 bits per heavy atom. The van der Waals surface area contributed by atoms with Crippen molar-refractivity contribution < 1.29 is 14.0 Å². The average Bonchev–Trinajstić information content (AvgIpc) is 2.65. The molecule has 0 radical (unpaired) electrons. The molecule has 26 heavy (non-hydrogen) atoms. The number of nitrogens with one attached hydrogen (secondary N) is 1. The molecule has 0 bridgehead atoms. The Morgan fingerprint density at radius 3 is 2.54 bits per heavy atom. The third-order valence-corrected chi connectivity index (χ3v) is 4.25. The highest BCUT2D eigenvalue weighted by Gasteiger charge is 2.26. The van der Waals surface area contributed by atoms with Gasteiger partial charge in [0.15, 0.2) is 0 Å². The predicted octanol–water partition coefficient (Wildman–Crippen LogP) is 2.46. The zero-order chi connectivity index (χ0) is 18.8. The van der Waals surface area contributed by atoms with Crippen molar-refractivity contribution in [2.24, 2.45) is 0 Å². The molecule has 1 heterocycles. The van der Waals surface area contributed by atoms with E-state index in [4.69, 9.17) is 4.74 Å². The van der Waals surface area contributed by atoms with Gasteiger partial charge in [0.05, 0.1) is 17.2 Å². The van der Waals surface area contributed by atoms with E-state index in [9.17, 15) is 14.9 Å². The molecule has 1 aromatic heterocycles. The van der Waals surface area contributed by atoms with Crippen molar-refractivity contribution in [3.63, 3.8) is 0 Å². The van der Waals surface area contributed by atoms with Crippen molar-refractivity contribution in [1.29, 1.82) is 0 Å². The third-order valence-electron chi connectivity index (χ3n) is 4.25. The van der Waals surface area contributed by atoms with E-state index < -0.39 is 5.91 Å². The number of ether oxygens (including phenoxy) is 1. The minimum atomic E-state index is -0.596. The van der Waals surface area contributed by atoms with Crippen molar-refractivity contribution in [1.82, 2.24) is 10.0 Å². The van der Waals surface area contributed by atoms with Gasteiger partial charge in [-0.1, -0.05) is 18.2 Å². The summed E-state index contributed by atoms with van der Waals surface area (Å²) in [4.78, 5) is 25.2. The van der Waals surface area contributed by atoms with Gasteiger partial charge in [-0.25, -0.2) is 0 Å². The molecule has 0 saturated heterocycles. The third kappa shape index (κ3) is 3.11. The maximum absolute atomic E-state index is 12.7. The zero-order valence-corrected chi connectivity index (χ0v) is 14.8. The molecule has 0 unspecified atom stereocenters. The maximum Gasteiger partial charge on any atom is 0.346 e. The van der Waals surface area contributed by atoms with Crippen LogP contribution in [0.1, 0.15) is 27.3 Å². The van der Waals surface area contributed by atoms with Crippen LogP contribution in [0, 0.1) is 24.0 Å². The van der Waals surface area contributed by atoms with Crippen molar-refractivity contribution in [3.8, 4) is 5.75 Å². The Morgan fingerprint density at radius 2 is 1.88 bits per heavy atom. The van der Waals surface area contributed by atoms with Crippen LogP contribution in [0.2, 0.25) is 0 Å². The van der Waals surface area contributed by atoms with Gasteiger partial charge >= 0.3 is 11.6 Å². The molecule has 0 saturated carbocycles. The van der Waals surface area contributed by atoms with Crippen molar-refractivity contribution in [3.05, 3.63) is 75.1 Å². The second-order valence-electron chi connectivity index (χ2n) is 6.05. The first-order valence-corrected chi connectivity index (χ1v) is 8.09. The molecule has 1 amide bonds. The van der Waals surface area contributed by atoms with E-state index in [1.165, 1.54) is 6.92 Å². The van der Waals surface area contributed by atoms with E-state index >= 15 is 0 Å². The number of carbonyl (C=O) groups is 1. The van der Waals surface area contributed by atoms with Crippen molar-refractivity contribution in [2.75, 3.05) is 7.11 Å². The fourth-order valence-corrected chi connectivity index (χ4v) is 2.78. The summed E-state index contributed by atoms with van der Waals surface area (Å²) in [6.45, 7) is 3.51. The lowest BCUT2D eigenvalue weighted by atomic mass is 10.2. The molecule has 1 N–H and O–H groups in total. The van der Waals surface area contributed by atoms with Crippen LogP contribution in [0.5, 0.6) is 5.75 Å². The van der Waals surface area contributed by atoms with E-state index in [0.717, 1.165) is 11.1 Å². The van der Waals surface area contributed by atoms with Crippen LogP contribution in [0.3, 0.4) is 0 Å². The fourth-order valence-electron chi connectivity index (χ4n) is 2.78. The van der Waals surface area contributed by atoms with Gasteiger partial charge in [-0.3, -0.25) is 4.79 Å². The SMILES string of the molecule is COc1ccc(CNC(=O)c2c(C)n([O-])c3ccc(C)cc3[n+]2=O)cc1. The standard InChI is InChI=1S/C19H19N3O4/c1-12-4-9-16-17(10-12)22(25)18(13(2)21(16)24)19(23)20-11-14-5-7-15(26-3)8-6-14/h4-10H,11H2,1-3H3,(H,20,23). The second kappa shape index (κ2) is 6.87. The Hall–Kier alpha value is -3.35. The van der Waals surface area contributed by atoms with Crippen LogP contribution >= 0.6 is 0 Å². The summed E-state index contributed by atoms with van der Waals surface area (Å²) in [7, 11) is 1.58. The number of benzene rings is 2. The number of aryl methyl sites for hydroxylation is 1. The van der Waals surface area contributed by atoms with Crippen LogP contribution < -0.4 is 14.5 Å². The number of fused-ring (bicyclic) bond motifs is 1. The molecule has 3 aromatic rings. The number of methoxy groups -OCH3 is 1. The number of aromatic nitrogens is 2. The van der Waals surface area contributed by atoms with Gasteiger partial charge in [0, 0.05) is 17.5 Å². The van der Waals surface area contributed by atoms with Crippen molar-refractivity contribution in [2.45, 2.75) is 20.4 Å². The summed E-state index contributed by atoms with van der Waals surface area (Å²) in [5.74, 6) is 0.118. The zero-order valence-electron chi connectivity index (χ0n) is 14.8. The molecule has 0 spiro atoms. The minimum Gasteiger partial charge on any atom is -0.805 e. The summed E-state index contributed by atoms with van der Waals surface area (Å²) in [6.07, 6.45) is 0. The first-order valence-electron chi connectivity index (χ1n) is 8.09. The maximum atomic E-state index is 12.7. The lowest BCUT2D eigenvalue weighted by Gasteiger charge is -2.16. The number of nitrogens with zero attached hydrogens (tertiary/aromatic N) is 2. The van der Waals surface area contributed by atoms with Gasteiger partial charge in [-0.05, 0) is 43.2 Å². The van der Waals surface area contributed by atoms with E-state index in [0.29, 0.717) is 14.9 Å². The quantitative estimate of drug-likeness (QED) is 0.730. The molecule has 2 aromatic carbocycles. The lowest BCUT2D eigenvalue weighted by molar-refractivity contribution is -0.468. The van der Waals surface area contributed by atoms with Gasteiger partial charge in [0.2, 0.25) is 0 Å². The van der Waals surface area contributed by atoms with Gasteiger partial charge in [0.25, 0.3) is 5.52 Å². The van der Waals surface area contributed by atoms with Gasteiger partial charge in [0.1, 0.15) is 11.3 Å². The van der Waals surface area contributed by atoms with Gasteiger partial charge < -0.3 is 20.0 Å². The van der Waals surface area contributed by atoms with E-state index in [1.807, 2.05) is 19.1 Å². The number of hydrogen-bond acceptors (Lipinski definition) is 4. The normalized spacial score (nSPS) is 10.7. The smallest absolute Gasteiger partial charge is 0.346 e. The molecule has 7 heteroatoms. The molecular formula is C19H19N3O4. The topological polar surface area (TPSA) is 89.3 Å². The van der Waals surface area contributed by atoms with Crippen LogP contribution in [0.4, 0.5) is 0 Å². The lowest BCUT2D eigenvalue weighted by Crippen LogP contribution is -2.36. The Bertz CT molecular complexity index is 1040. The number of rotatable bonds is 4. The van der Waals surface area contributed by atoms with Crippen LogP contribution in [0.15, 0.2) is 42.5 Å².